The topological polar surface area (TPSA) is 37.6 Å². The number of piperazine rings is 1. The molecule has 2 aromatic carbocycles. The van der Waals surface area contributed by atoms with Crippen LogP contribution in [0.1, 0.15) is 16.1 Å². The van der Waals surface area contributed by atoms with Gasteiger partial charge in [0.05, 0.1) is 42.8 Å². The SMILES string of the molecule is Cc1ccccc1CC(=O)N1CC[NH+](Cc2nc3ccccc3s2)CC1. The van der Waals surface area contributed by atoms with Crippen LogP contribution in [0.5, 0.6) is 0 Å². The first-order valence-electron chi connectivity index (χ1n) is 9.19. The van der Waals surface area contributed by atoms with E-state index in [1.165, 1.54) is 20.2 Å². The van der Waals surface area contributed by atoms with Crippen LogP contribution in [0.25, 0.3) is 10.2 Å². The molecule has 4 nitrogen and oxygen atoms in total. The van der Waals surface area contributed by atoms with E-state index >= 15 is 0 Å². The molecule has 2 heterocycles. The van der Waals surface area contributed by atoms with Crippen molar-refractivity contribution in [1.82, 2.24) is 9.88 Å². The number of fused-ring (bicyclic) bond motifs is 1. The molecule has 0 unspecified atom stereocenters. The van der Waals surface area contributed by atoms with Crippen molar-refractivity contribution in [2.75, 3.05) is 26.2 Å². The summed E-state index contributed by atoms with van der Waals surface area (Å²) in [4.78, 5) is 20.9. The Morgan fingerprint density at radius 3 is 2.62 bits per heavy atom. The second kappa shape index (κ2) is 7.56. The van der Waals surface area contributed by atoms with Gasteiger partial charge in [0.25, 0.3) is 0 Å². The third-order valence-corrected chi connectivity index (χ3v) is 6.20. The molecule has 0 saturated carbocycles. The predicted octanol–water partition coefficient (Wildman–Crippen LogP) is 2.07. The van der Waals surface area contributed by atoms with Crippen molar-refractivity contribution in [2.24, 2.45) is 0 Å². The van der Waals surface area contributed by atoms with Gasteiger partial charge in [0, 0.05) is 0 Å². The summed E-state index contributed by atoms with van der Waals surface area (Å²) in [5.74, 6) is 0.248. The summed E-state index contributed by atoms with van der Waals surface area (Å²) in [7, 11) is 0. The summed E-state index contributed by atoms with van der Waals surface area (Å²) < 4.78 is 1.26. The highest BCUT2D eigenvalue weighted by Gasteiger charge is 2.24. The van der Waals surface area contributed by atoms with Crippen LogP contribution in [0.3, 0.4) is 0 Å². The summed E-state index contributed by atoms with van der Waals surface area (Å²) >= 11 is 1.79. The van der Waals surface area contributed by atoms with Gasteiger partial charge < -0.3 is 9.80 Å². The van der Waals surface area contributed by atoms with E-state index < -0.39 is 0 Å². The summed E-state index contributed by atoms with van der Waals surface area (Å²) in [5, 5.41) is 1.20. The Morgan fingerprint density at radius 2 is 1.85 bits per heavy atom. The third kappa shape index (κ3) is 3.79. The van der Waals surface area contributed by atoms with E-state index in [1.807, 2.05) is 23.1 Å². The zero-order chi connectivity index (χ0) is 17.9. The maximum atomic E-state index is 12.6. The van der Waals surface area contributed by atoms with Crippen LogP contribution in [0.4, 0.5) is 0 Å². The molecular weight excluding hydrogens is 342 g/mol. The fourth-order valence-electron chi connectivity index (χ4n) is 3.54. The Balaban J connectivity index is 1.32. The summed E-state index contributed by atoms with van der Waals surface area (Å²) in [6, 6.07) is 16.5. The van der Waals surface area contributed by atoms with Crippen molar-refractivity contribution in [3.8, 4) is 0 Å². The first kappa shape index (κ1) is 17.2. The first-order valence-corrected chi connectivity index (χ1v) is 10.0. The van der Waals surface area contributed by atoms with Crippen molar-refractivity contribution >= 4 is 27.5 Å². The predicted molar refractivity (Wildman–Crippen MR) is 105 cm³/mol. The van der Waals surface area contributed by atoms with Crippen molar-refractivity contribution in [3.63, 3.8) is 0 Å². The molecule has 26 heavy (non-hydrogen) atoms. The van der Waals surface area contributed by atoms with Crippen LogP contribution in [0.15, 0.2) is 48.5 Å². The Hall–Kier alpha value is -2.24. The van der Waals surface area contributed by atoms with Crippen molar-refractivity contribution in [1.29, 1.82) is 0 Å². The second-order valence-corrected chi connectivity index (χ2v) is 8.10. The Kier molecular flexibility index (Phi) is 5.00. The molecule has 3 aromatic rings. The monoisotopic (exact) mass is 366 g/mol. The minimum Gasteiger partial charge on any atom is -0.331 e. The van der Waals surface area contributed by atoms with Gasteiger partial charge in [-0.25, -0.2) is 4.98 Å². The fourth-order valence-corrected chi connectivity index (χ4v) is 4.58. The lowest BCUT2D eigenvalue weighted by Crippen LogP contribution is -3.13. The number of carbonyl (C=O) groups is 1. The van der Waals surface area contributed by atoms with E-state index in [9.17, 15) is 4.79 Å². The Labute approximate surface area is 158 Å². The zero-order valence-electron chi connectivity index (χ0n) is 15.1. The van der Waals surface area contributed by atoms with Gasteiger partial charge in [-0.15, -0.1) is 11.3 Å². The number of nitrogens with zero attached hydrogens (tertiary/aromatic N) is 2. The quantitative estimate of drug-likeness (QED) is 0.768. The molecule has 134 valence electrons. The number of aromatic nitrogens is 1. The lowest BCUT2D eigenvalue weighted by molar-refractivity contribution is -0.917. The molecule has 0 radical (unpaired) electrons. The molecule has 1 aliphatic heterocycles. The number of hydrogen-bond donors (Lipinski definition) is 1. The number of para-hydroxylation sites is 1. The van der Waals surface area contributed by atoms with Crippen LogP contribution in [-0.2, 0) is 17.8 Å². The average Bonchev–Trinajstić information content (AvgIpc) is 3.06. The molecule has 1 saturated heterocycles. The van der Waals surface area contributed by atoms with E-state index in [0.29, 0.717) is 6.42 Å². The van der Waals surface area contributed by atoms with Crippen LogP contribution >= 0.6 is 11.3 Å². The van der Waals surface area contributed by atoms with Gasteiger partial charge in [0.2, 0.25) is 5.91 Å². The lowest BCUT2D eigenvalue weighted by atomic mass is 10.1. The molecule has 0 bridgehead atoms. The van der Waals surface area contributed by atoms with Crippen molar-refractivity contribution in [3.05, 3.63) is 64.7 Å². The number of aryl methyl sites for hydroxylation is 1. The average molecular weight is 367 g/mol. The molecule has 0 spiro atoms. The highest BCUT2D eigenvalue weighted by molar-refractivity contribution is 7.18. The fraction of sp³-hybridized carbons (Fsp3) is 0.333. The summed E-state index contributed by atoms with van der Waals surface area (Å²) in [5.41, 5.74) is 3.43. The largest absolute Gasteiger partial charge is 0.331 e. The van der Waals surface area contributed by atoms with E-state index in [1.54, 1.807) is 11.3 Å². The molecule has 1 N–H and O–H groups in total. The van der Waals surface area contributed by atoms with Crippen LogP contribution in [0, 0.1) is 6.92 Å². The highest BCUT2D eigenvalue weighted by Crippen LogP contribution is 2.20. The number of quaternary nitrogens is 1. The van der Waals surface area contributed by atoms with E-state index in [4.69, 9.17) is 4.98 Å². The van der Waals surface area contributed by atoms with Crippen LogP contribution < -0.4 is 4.90 Å². The lowest BCUT2D eigenvalue weighted by Gasteiger charge is -2.32. The maximum absolute atomic E-state index is 12.6. The van der Waals surface area contributed by atoms with Gasteiger partial charge in [-0.1, -0.05) is 36.4 Å². The summed E-state index contributed by atoms with van der Waals surface area (Å²) in [6.45, 7) is 6.70. The molecule has 1 aliphatic rings. The molecular formula is C21H24N3OS+. The number of thiazole rings is 1. The van der Waals surface area contributed by atoms with Crippen LogP contribution in [0.2, 0.25) is 0 Å². The molecule has 0 aliphatic carbocycles. The van der Waals surface area contributed by atoms with E-state index in [-0.39, 0.29) is 5.91 Å². The molecule has 4 rings (SSSR count). The molecule has 1 amide bonds. The van der Waals surface area contributed by atoms with Gasteiger partial charge in [0.1, 0.15) is 11.6 Å². The number of nitrogens with one attached hydrogen (secondary N) is 1. The normalized spacial score (nSPS) is 15.5. The molecule has 1 fully saturated rings. The van der Waals surface area contributed by atoms with Gasteiger partial charge >= 0.3 is 0 Å². The van der Waals surface area contributed by atoms with Crippen LogP contribution in [-0.4, -0.2) is 42.0 Å². The number of carbonyl (C=O) groups excluding carboxylic acids is 1. The zero-order valence-corrected chi connectivity index (χ0v) is 15.9. The highest BCUT2D eigenvalue weighted by atomic mass is 32.1. The number of rotatable bonds is 4. The number of hydrogen-bond acceptors (Lipinski definition) is 3. The minimum absolute atomic E-state index is 0.248. The number of benzene rings is 2. The standard InChI is InChI=1S/C21H23N3OS/c1-16-6-2-3-7-17(16)14-21(25)24-12-10-23(11-13-24)15-20-22-18-8-4-5-9-19(18)26-20/h2-9H,10-15H2,1H3/p+1. The third-order valence-electron chi connectivity index (χ3n) is 5.17. The van der Waals surface area contributed by atoms with Gasteiger partial charge in [-0.05, 0) is 30.2 Å². The number of amides is 1. The Morgan fingerprint density at radius 1 is 1.12 bits per heavy atom. The minimum atomic E-state index is 0.248. The van der Waals surface area contributed by atoms with Crippen molar-refractivity contribution < 1.29 is 9.69 Å². The molecule has 0 atom stereocenters. The molecule has 5 heteroatoms. The van der Waals surface area contributed by atoms with Crippen molar-refractivity contribution in [2.45, 2.75) is 19.9 Å². The van der Waals surface area contributed by atoms with Gasteiger partial charge in [0.15, 0.2) is 0 Å². The summed E-state index contributed by atoms with van der Waals surface area (Å²) in [6.07, 6.45) is 0.514. The van der Waals surface area contributed by atoms with E-state index in [2.05, 4.69) is 37.3 Å². The smallest absolute Gasteiger partial charge is 0.227 e. The second-order valence-electron chi connectivity index (χ2n) is 6.99. The van der Waals surface area contributed by atoms with Gasteiger partial charge in [-0.2, -0.15) is 0 Å². The molecule has 1 aromatic heterocycles. The first-order chi connectivity index (χ1) is 12.7. The van der Waals surface area contributed by atoms with E-state index in [0.717, 1.165) is 43.8 Å². The van der Waals surface area contributed by atoms with Gasteiger partial charge in [-0.3, -0.25) is 4.79 Å². The Bertz CT molecular complexity index is 879. The maximum Gasteiger partial charge on any atom is 0.227 e.